The molecular weight excluding hydrogens is 278 g/mol. The lowest BCUT2D eigenvalue weighted by molar-refractivity contribution is 0.111. The van der Waals surface area contributed by atoms with Gasteiger partial charge in [-0.25, -0.2) is 4.98 Å². The van der Waals surface area contributed by atoms with Gasteiger partial charge in [0.1, 0.15) is 5.69 Å². The number of anilines is 1. The predicted molar refractivity (Wildman–Crippen MR) is 79.6 cm³/mol. The Bertz CT molecular complexity index is 699. The fraction of sp³-hybridized carbons (Fsp3) is 0.231. The van der Waals surface area contributed by atoms with Gasteiger partial charge in [-0.3, -0.25) is 9.20 Å². The minimum Gasteiger partial charge on any atom is -0.350 e. The summed E-state index contributed by atoms with van der Waals surface area (Å²) in [6.07, 6.45) is 2.75. The standard InChI is InChI=1S/C13H13N3OS2/c1-9(11-4-3-6-18-11)15(2)12-10(8-17)16-5-7-19-13(16)14-12/h3-9H,1-2H3. The number of carbonyl (C=O) groups excluding carboxylic acids is 1. The Kier molecular flexibility index (Phi) is 3.12. The molecule has 0 aliphatic heterocycles. The Hall–Kier alpha value is -1.66. The smallest absolute Gasteiger partial charge is 0.196 e. The molecule has 1 atom stereocenters. The number of hydrogen-bond donors (Lipinski definition) is 0. The number of imidazole rings is 1. The van der Waals surface area contributed by atoms with Crippen molar-refractivity contribution in [1.29, 1.82) is 0 Å². The van der Waals surface area contributed by atoms with Crippen molar-refractivity contribution in [2.75, 3.05) is 11.9 Å². The second-order valence-electron chi connectivity index (χ2n) is 4.30. The van der Waals surface area contributed by atoms with Gasteiger partial charge in [0.2, 0.25) is 0 Å². The van der Waals surface area contributed by atoms with Crippen molar-refractivity contribution >= 4 is 39.7 Å². The summed E-state index contributed by atoms with van der Waals surface area (Å²) in [5.41, 5.74) is 0.613. The van der Waals surface area contributed by atoms with Gasteiger partial charge in [-0.2, -0.15) is 0 Å². The molecule has 0 N–H and O–H groups in total. The molecule has 0 aliphatic rings. The Morgan fingerprint density at radius 3 is 2.95 bits per heavy atom. The fourth-order valence-corrected chi connectivity index (χ4v) is 3.61. The maximum absolute atomic E-state index is 11.3. The molecule has 6 heteroatoms. The highest BCUT2D eigenvalue weighted by Crippen LogP contribution is 2.30. The summed E-state index contributed by atoms with van der Waals surface area (Å²) in [5, 5.41) is 3.99. The number of rotatable bonds is 4. The molecule has 0 bridgehead atoms. The summed E-state index contributed by atoms with van der Waals surface area (Å²) in [4.78, 5) is 20.0. The van der Waals surface area contributed by atoms with Crippen LogP contribution in [-0.4, -0.2) is 22.7 Å². The lowest BCUT2D eigenvalue weighted by Crippen LogP contribution is -2.22. The van der Waals surface area contributed by atoms with Crippen LogP contribution >= 0.6 is 22.7 Å². The average Bonchev–Trinajstić information content (AvgIpc) is 3.12. The number of nitrogens with zero attached hydrogens (tertiary/aromatic N) is 3. The lowest BCUT2D eigenvalue weighted by Gasteiger charge is -2.24. The van der Waals surface area contributed by atoms with Crippen LogP contribution in [0.4, 0.5) is 5.82 Å². The van der Waals surface area contributed by atoms with Crippen LogP contribution in [0.3, 0.4) is 0 Å². The molecule has 98 valence electrons. The summed E-state index contributed by atoms with van der Waals surface area (Å²) in [6.45, 7) is 2.12. The molecule has 0 saturated heterocycles. The highest BCUT2D eigenvalue weighted by molar-refractivity contribution is 7.15. The summed E-state index contributed by atoms with van der Waals surface area (Å²) in [6, 6.07) is 4.34. The van der Waals surface area contributed by atoms with Gasteiger partial charge in [0.15, 0.2) is 17.1 Å². The molecule has 0 radical (unpaired) electrons. The van der Waals surface area contributed by atoms with Crippen LogP contribution in [0.5, 0.6) is 0 Å². The number of thiophene rings is 1. The molecule has 0 amide bonds. The molecule has 0 spiro atoms. The molecule has 19 heavy (non-hydrogen) atoms. The summed E-state index contributed by atoms with van der Waals surface area (Å²) in [5.74, 6) is 0.739. The maximum Gasteiger partial charge on any atom is 0.196 e. The van der Waals surface area contributed by atoms with Gasteiger partial charge >= 0.3 is 0 Å². The number of aldehydes is 1. The van der Waals surface area contributed by atoms with E-state index in [2.05, 4.69) is 28.3 Å². The Labute approximate surface area is 118 Å². The van der Waals surface area contributed by atoms with Gasteiger partial charge in [-0.15, -0.1) is 22.7 Å². The van der Waals surface area contributed by atoms with Crippen molar-refractivity contribution in [2.45, 2.75) is 13.0 Å². The van der Waals surface area contributed by atoms with Crippen molar-refractivity contribution in [3.8, 4) is 0 Å². The molecule has 3 aromatic rings. The van der Waals surface area contributed by atoms with Gasteiger partial charge in [0.25, 0.3) is 0 Å². The van der Waals surface area contributed by atoms with Gasteiger partial charge in [-0.05, 0) is 18.4 Å². The van der Waals surface area contributed by atoms with E-state index in [-0.39, 0.29) is 6.04 Å². The number of aromatic nitrogens is 2. The summed E-state index contributed by atoms with van der Waals surface area (Å²) in [7, 11) is 1.98. The van der Waals surface area contributed by atoms with E-state index in [4.69, 9.17) is 0 Å². The summed E-state index contributed by atoms with van der Waals surface area (Å²) >= 11 is 3.25. The number of thiazole rings is 1. The summed E-state index contributed by atoms with van der Waals surface area (Å²) < 4.78 is 1.84. The first-order valence-corrected chi connectivity index (χ1v) is 7.65. The lowest BCUT2D eigenvalue weighted by atomic mass is 10.2. The van der Waals surface area contributed by atoms with E-state index < -0.39 is 0 Å². The molecule has 3 heterocycles. The number of hydrogen-bond acceptors (Lipinski definition) is 5. The van der Waals surface area contributed by atoms with Crippen LogP contribution in [0.25, 0.3) is 4.96 Å². The third-order valence-corrected chi connectivity index (χ3v) is 5.06. The molecule has 4 nitrogen and oxygen atoms in total. The topological polar surface area (TPSA) is 37.6 Å². The third-order valence-electron chi connectivity index (χ3n) is 3.26. The molecule has 3 rings (SSSR count). The van der Waals surface area contributed by atoms with Gasteiger partial charge < -0.3 is 4.90 Å². The van der Waals surface area contributed by atoms with Gasteiger partial charge in [0.05, 0.1) is 6.04 Å². The average molecular weight is 291 g/mol. The van der Waals surface area contributed by atoms with E-state index in [1.807, 2.05) is 29.1 Å². The largest absolute Gasteiger partial charge is 0.350 e. The predicted octanol–water partition coefficient (Wildman–Crippen LogP) is 3.47. The van der Waals surface area contributed by atoms with E-state index in [9.17, 15) is 4.79 Å². The van der Waals surface area contributed by atoms with E-state index in [0.717, 1.165) is 17.1 Å². The Balaban J connectivity index is 2.03. The van der Waals surface area contributed by atoms with Crippen molar-refractivity contribution in [3.63, 3.8) is 0 Å². The van der Waals surface area contributed by atoms with E-state index in [0.29, 0.717) is 5.69 Å². The van der Waals surface area contributed by atoms with E-state index in [1.165, 1.54) is 16.2 Å². The zero-order valence-corrected chi connectivity index (χ0v) is 12.2. The van der Waals surface area contributed by atoms with Crippen molar-refractivity contribution in [3.05, 3.63) is 39.7 Å². The molecule has 0 aliphatic carbocycles. The van der Waals surface area contributed by atoms with E-state index >= 15 is 0 Å². The highest BCUT2D eigenvalue weighted by Gasteiger charge is 2.21. The minimum absolute atomic E-state index is 0.198. The Morgan fingerprint density at radius 2 is 2.26 bits per heavy atom. The molecular formula is C13H13N3OS2. The molecule has 0 fully saturated rings. The zero-order chi connectivity index (χ0) is 13.4. The minimum atomic E-state index is 0.198. The zero-order valence-electron chi connectivity index (χ0n) is 10.6. The SMILES string of the molecule is CC(c1cccs1)N(C)c1nc2sccn2c1C=O. The molecule has 1 unspecified atom stereocenters. The Morgan fingerprint density at radius 1 is 1.42 bits per heavy atom. The fourth-order valence-electron chi connectivity index (χ4n) is 2.06. The van der Waals surface area contributed by atoms with Gasteiger partial charge in [0, 0.05) is 23.5 Å². The van der Waals surface area contributed by atoms with Crippen LogP contribution in [0.15, 0.2) is 29.1 Å². The maximum atomic E-state index is 11.3. The van der Waals surface area contributed by atoms with Crippen LogP contribution < -0.4 is 4.90 Å². The van der Waals surface area contributed by atoms with Gasteiger partial charge in [-0.1, -0.05) is 6.07 Å². The van der Waals surface area contributed by atoms with Crippen molar-refractivity contribution in [1.82, 2.24) is 9.38 Å². The number of carbonyl (C=O) groups is 1. The van der Waals surface area contributed by atoms with Crippen LogP contribution in [-0.2, 0) is 0 Å². The highest BCUT2D eigenvalue weighted by atomic mass is 32.1. The van der Waals surface area contributed by atoms with Crippen LogP contribution in [0, 0.1) is 0 Å². The third kappa shape index (κ3) is 1.97. The van der Waals surface area contributed by atoms with E-state index in [1.54, 1.807) is 11.3 Å². The molecule has 0 aromatic carbocycles. The first-order chi connectivity index (χ1) is 9.22. The van der Waals surface area contributed by atoms with Crippen LogP contribution in [0.1, 0.15) is 28.3 Å². The number of fused-ring (bicyclic) bond motifs is 1. The molecule has 0 saturated carbocycles. The second kappa shape index (κ2) is 4.79. The first kappa shape index (κ1) is 12.4. The second-order valence-corrected chi connectivity index (χ2v) is 6.15. The van der Waals surface area contributed by atoms with Crippen LogP contribution in [0.2, 0.25) is 0 Å². The van der Waals surface area contributed by atoms with Crippen molar-refractivity contribution < 1.29 is 4.79 Å². The van der Waals surface area contributed by atoms with Crippen molar-refractivity contribution in [2.24, 2.45) is 0 Å². The monoisotopic (exact) mass is 291 g/mol. The molecule has 3 aromatic heterocycles. The normalized spacial score (nSPS) is 12.7. The quantitative estimate of drug-likeness (QED) is 0.691. The first-order valence-electron chi connectivity index (χ1n) is 5.89.